The van der Waals surface area contributed by atoms with E-state index in [0.29, 0.717) is 16.3 Å². The Labute approximate surface area is 108 Å². The number of hydrogen-bond donors (Lipinski definition) is 1. The molecule has 0 spiro atoms. The van der Waals surface area contributed by atoms with Crippen LogP contribution in [0.4, 0.5) is 0 Å². The van der Waals surface area contributed by atoms with Crippen LogP contribution in [0.5, 0.6) is 0 Å². The van der Waals surface area contributed by atoms with Gasteiger partial charge < -0.3 is 5.53 Å². The van der Waals surface area contributed by atoms with E-state index in [2.05, 4.69) is 20.3 Å². The molecule has 1 aliphatic heterocycles. The summed E-state index contributed by atoms with van der Waals surface area (Å²) in [4.78, 5) is 14.9. The maximum absolute atomic E-state index is 11.9. The summed E-state index contributed by atoms with van der Waals surface area (Å²) >= 11 is 5.79. The number of rotatable bonds is 1. The lowest BCUT2D eigenvalue weighted by Crippen LogP contribution is -2.37. The largest absolute Gasteiger partial charge is 0.382 e. The Balaban J connectivity index is 2.17. The highest BCUT2D eigenvalue weighted by Crippen LogP contribution is 2.10. The minimum absolute atomic E-state index is 0.111. The number of amidine groups is 1. The molecule has 1 aromatic carbocycles. The van der Waals surface area contributed by atoms with Crippen LogP contribution in [-0.2, 0) is 0 Å². The van der Waals surface area contributed by atoms with E-state index in [4.69, 9.17) is 17.1 Å². The maximum Gasteiger partial charge on any atom is 0.382 e. The van der Waals surface area contributed by atoms with Gasteiger partial charge in [0.05, 0.1) is 0 Å². The highest BCUT2D eigenvalue weighted by Gasteiger charge is 2.28. The summed E-state index contributed by atoms with van der Waals surface area (Å²) in [7, 11) is 0. The van der Waals surface area contributed by atoms with Gasteiger partial charge in [0.2, 0.25) is 5.84 Å². The minimum Gasteiger partial charge on any atom is -0.361 e. The van der Waals surface area contributed by atoms with Gasteiger partial charge in [0.1, 0.15) is 0 Å². The van der Waals surface area contributed by atoms with Gasteiger partial charge in [-0.25, -0.2) is 0 Å². The standard InChI is InChI=1S/C11H8ClN5O/c1-6-9(15-13)10(17-16-6)14-11(18)7-3-2-4-8(12)5-7/h2-5H,1H3,(H,14,17,18). The fourth-order valence-corrected chi connectivity index (χ4v) is 1.59. The monoisotopic (exact) mass is 261 g/mol. The van der Waals surface area contributed by atoms with E-state index in [1.165, 1.54) is 6.07 Å². The van der Waals surface area contributed by atoms with Crippen LogP contribution in [0.15, 0.2) is 34.5 Å². The molecule has 0 atom stereocenters. The molecule has 1 aromatic rings. The average molecular weight is 262 g/mol. The van der Waals surface area contributed by atoms with Crippen LogP contribution in [0, 0.1) is 0 Å². The Morgan fingerprint density at radius 3 is 2.89 bits per heavy atom. The molecule has 0 aliphatic carbocycles. The lowest BCUT2D eigenvalue weighted by Gasteiger charge is -2.02. The van der Waals surface area contributed by atoms with E-state index < -0.39 is 5.91 Å². The van der Waals surface area contributed by atoms with E-state index in [9.17, 15) is 4.79 Å². The van der Waals surface area contributed by atoms with E-state index in [0.717, 1.165) is 0 Å². The fourth-order valence-electron chi connectivity index (χ4n) is 1.40. The molecule has 7 heteroatoms. The van der Waals surface area contributed by atoms with Crippen LogP contribution >= 0.6 is 11.6 Å². The summed E-state index contributed by atoms with van der Waals surface area (Å²) in [5.74, 6) is -0.290. The van der Waals surface area contributed by atoms with Gasteiger partial charge in [-0.2, -0.15) is 4.79 Å². The summed E-state index contributed by atoms with van der Waals surface area (Å²) < 4.78 is 0. The topological polar surface area (TPSA) is 90.2 Å². The molecule has 0 aromatic heterocycles. The van der Waals surface area contributed by atoms with Gasteiger partial charge in [-0.1, -0.05) is 17.7 Å². The first kappa shape index (κ1) is 12.2. The molecule has 0 unspecified atom stereocenters. The molecule has 0 saturated heterocycles. The van der Waals surface area contributed by atoms with Crippen molar-refractivity contribution >= 4 is 34.8 Å². The molecular weight excluding hydrogens is 254 g/mol. The first-order valence-corrected chi connectivity index (χ1v) is 5.41. The summed E-state index contributed by atoms with van der Waals surface area (Å²) in [6.45, 7) is 1.62. The van der Waals surface area contributed by atoms with Crippen LogP contribution in [0.3, 0.4) is 0 Å². The van der Waals surface area contributed by atoms with Gasteiger partial charge in [0, 0.05) is 10.6 Å². The van der Waals surface area contributed by atoms with Crippen molar-refractivity contribution in [2.45, 2.75) is 6.92 Å². The summed E-state index contributed by atoms with van der Waals surface area (Å²) in [6.07, 6.45) is 0. The molecule has 6 nitrogen and oxygen atoms in total. The Morgan fingerprint density at radius 2 is 2.22 bits per heavy atom. The van der Waals surface area contributed by atoms with Gasteiger partial charge in [-0.3, -0.25) is 10.1 Å². The maximum atomic E-state index is 11.9. The zero-order valence-electron chi connectivity index (χ0n) is 9.38. The predicted molar refractivity (Wildman–Crippen MR) is 68.1 cm³/mol. The zero-order valence-corrected chi connectivity index (χ0v) is 10.1. The van der Waals surface area contributed by atoms with Crippen LogP contribution in [0.25, 0.3) is 5.53 Å². The number of nitrogens with zero attached hydrogens (tertiary/aromatic N) is 4. The smallest absolute Gasteiger partial charge is 0.361 e. The Morgan fingerprint density at radius 1 is 1.44 bits per heavy atom. The Kier molecular flexibility index (Phi) is 3.32. The molecule has 1 N–H and O–H groups in total. The molecule has 0 fully saturated rings. The van der Waals surface area contributed by atoms with Gasteiger partial charge in [0.25, 0.3) is 5.91 Å². The van der Waals surface area contributed by atoms with Crippen LogP contribution in [0.2, 0.25) is 5.02 Å². The van der Waals surface area contributed by atoms with Gasteiger partial charge in [0.15, 0.2) is 5.71 Å². The van der Waals surface area contributed by atoms with Crippen molar-refractivity contribution in [3.63, 3.8) is 0 Å². The Hall–Kier alpha value is -2.30. The summed E-state index contributed by atoms with van der Waals surface area (Å²) in [6, 6.07) is 6.46. The predicted octanol–water partition coefficient (Wildman–Crippen LogP) is 1.53. The van der Waals surface area contributed by atoms with E-state index >= 15 is 0 Å². The molecule has 2 rings (SSSR count). The van der Waals surface area contributed by atoms with E-state index in [-0.39, 0.29) is 11.5 Å². The molecule has 1 aliphatic rings. The van der Waals surface area contributed by atoms with Gasteiger partial charge in [-0.05, 0) is 25.1 Å². The van der Waals surface area contributed by atoms with Crippen molar-refractivity contribution in [3.05, 3.63) is 40.4 Å². The Bertz CT molecular complexity index is 628. The lowest BCUT2D eigenvalue weighted by molar-refractivity contribution is 0.00162. The van der Waals surface area contributed by atoms with Crippen LogP contribution in [0.1, 0.15) is 17.3 Å². The molecule has 0 radical (unpaired) electrons. The van der Waals surface area contributed by atoms with Gasteiger partial charge in [-0.15, -0.1) is 10.2 Å². The fraction of sp³-hybridized carbons (Fsp3) is 0.0909. The summed E-state index contributed by atoms with van der Waals surface area (Å²) in [5, 5.41) is 10.4. The van der Waals surface area contributed by atoms with Crippen molar-refractivity contribution in [3.8, 4) is 0 Å². The van der Waals surface area contributed by atoms with Crippen molar-refractivity contribution in [2.75, 3.05) is 0 Å². The SMILES string of the molecule is CC1=NN=C(NC(=O)c2cccc(Cl)c2)C1=[N+]=[N-]. The molecule has 1 amide bonds. The second kappa shape index (κ2) is 4.91. The first-order valence-electron chi connectivity index (χ1n) is 5.04. The van der Waals surface area contributed by atoms with Crippen LogP contribution in [-0.4, -0.2) is 28.0 Å². The minimum atomic E-state index is -0.401. The van der Waals surface area contributed by atoms with Crippen LogP contribution < -0.4 is 5.32 Å². The second-order valence-corrected chi connectivity index (χ2v) is 3.98. The number of halogens is 1. The lowest BCUT2D eigenvalue weighted by atomic mass is 10.2. The molecule has 0 bridgehead atoms. The van der Waals surface area contributed by atoms with Crippen molar-refractivity contribution in [2.24, 2.45) is 10.2 Å². The number of carbonyl (C=O) groups is 1. The number of benzene rings is 1. The number of carbonyl (C=O) groups excluding carboxylic acids is 1. The summed E-state index contributed by atoms with van der Waals surface area (Å²) in [5.41, 5.74) is 9.74. The number of nitrogens with one attached hydrogen (secondary N) is 1. The van der Waals surface area contributed by atoms with Crippen molar-refractivity contribution < 1.29 is 9.58 Å². The third-order valence-corrected chi connectivity index (χ3v) is 2.52. The molecular formula is C11H8ClN5O. The zero-order chi connectivity index (χ0) is 13.1. The number of hydrogen-bond acceptors (Lipinski definition) is 3. The average Bonchev–Trinajstić information content (AvgIpc) is 2.69. The molecule has 18 heavy (non-hydrogen) atoms. The quantitative estimate of drug-likeness (QED) is 0.603. The highest BCUT2D eigenvalue weighted by atomic mass is 35.5. The normalized spacial score (nSPS) is 13.8. The first-order chi connectivity index (χ1) is 8.61. The number of amides is 1. The van der Waals surface area contributed by atoms with Gasteiger partial charge >= 0.3 is 5.71 Å². The molecule has 90 valence electrons. The van der Waals surface area contributed by atoms with E-state index in [1.807, 2.05) is 0 Å². The second-order valence-electron chi connectivity index (χ2n) is 3.55. The molecule has 0 saturated carbocycles. The van der Waals surface area contributed by atoms with E-state index in [1.54, 1.807) is 25.1 Å². The third kappa shape index (κ3) is 2.34. The third-order valence-electron chi connectivity index (χ3n) is 2.29. The highest BCUT2D eigenvalue weighted by molar-refractivity contribution is 6.68. The van der Waals surface area contributed by atoms with Crippen molar-refractivity contribution in [1.82, 2.24) is 5.32 Å². The molecule has 1 heterocycles. The van der Waals surface area contributed by atoms with Crippen molar-refractivity contribution in [1.29, 1.82) is 0 Å².